The minimum Gasteiger partial charge on any atom is -0.318 e. The Morgan fingerprint density at radius 2 is 1.63 bits per heavy atom. The van der Waals surface area contributed by atoms with Crippen molar-refractivity contribution >= 4 is 29.0 Å². The second-order valence-corrected chi connectivity index (χ2v) is 6.93. The molecule has 0 saturated carbocycles. The molecule has 1 aromatic heterocycles. The van der Waals surface area contributed by atoms with Gasteiger partial charge in [0.25, 0.3) is 0 Å². The van der Waals surface area contributed by atoms with Crippen molar-refractivity contribution in [1.29, 1.82) is 0 Å². The van der Waals surface area contributed by atoms with Crippen molar-refractivity contribution in [2.45, 2.75) is 19.3 Å². The summed E-state index contributed by atoms with van der Waals surface area (Å²) in [5.41, 5.74) is 3.03. The van der Waals surface area contributed by atoms with Gasteiger partial charge in [0.2, 0.25) is 0 Å². The molecule has 0 atom stereocenters. The van der Waals surface area contributed by atoms with Crippen LogP contribution in [-0.2, 0) is 27.2 Å². The average Bonchev–Trinajstić information content (AvgIpc) is 2.79. The van der Waals surface area contributed by atoms with E-state index in [1.165, 1.54) is 4.90 Å². The van der Waals surface area contributed by atoms with Crippen LogP contribution in [0, 0.1) is 0 Å². The van der Waals surface area contributed by atoms with E-state index >= 15 is 0 Å². The first-order valence-corrected chi connectivity index (χ1v) is 9.66. The molecule has 3 rings (SSSR count). The molecule has 0 spiro atoms. The third kappa shape index (κ3) is 5.85. The van der Waals surface area contributed by atoms with Crippen molar-refractivity contribution in [3.05, 3.63) is 90.3 Å². The molecular weight excluding hydrogens is 378 g/mol. The van der Waals surface area contributed by atoms with Crippen LogP contribution in [0.25, 0.3) is 0 Å². The van der Waals surface area contributed by atoms with Gasteiger partial charge in [0.1, 0.15) is 5.78 Å². The molecule has 0 radical (unpaired) electrons. The number of rotatable bonds is 7. The van der Waals surface area contributed by atoms with Crippen LogP contribution in [0.1, 0.15) is 17.5 Å². The zero-order valence-electron chi connectivity index (χ0n) is 16.7. The molecule has 3 aromatic rings. The third-order valence-electron chi connectivity index (χ3n) is 4.67. The van der Waals surface area contributed by atoms with Crippen molar-refractivity contribution in [3.8, 4) is 0 Å². The molecule has 0 fully saturated rings. The summed E-state index contributed by atoms with van der Waals surface area (Å²) >= 11 is 0. The zero-order valence-corrected chi connectivity index (χ0v) is 16.7. The number of nitrogens with zero attached hydrogens (tertiary/aromatic N) is 2. The Morgan fingerprint density at radius 3 is 2.30 bits per heavy atom. The summed E-state index contributed by atoms with van der Waals surface area (Å²) in [6.07, 6.45) is 4.91. The Bertz CT molecular complexity index is 1000. The predicted octanol–water partition coefficient (Wildman–Crippen LogP) is 3.43. The van der Waals surface area contributed by atoms with Crippen LogP contribution in [0.4, 0.5) is 11.4 Å². The third-order valence-corrected chi connectivity index (χ3v) is 4.67. The number of aryl methyl sites for hydroxylation is 1. The lowest BCUT2D eigenvalue weighted by Gasteiger charge is -2.16. The molecule has 0 unspecified atom stereocenters. The quantitative estimate of drug-likeness (QED) is 0.615. The highest BCUT2D eigenvalue weighted by atomic mass is 16.2. The van der Waals surface area contributed by atoms with E-state index in [1.54, 1.807) is 68.0 Å². The van der Waals surface area contributed by atoms with Crippen LogP contribution in [-0.4, -0.2) is 29.6 Å². The fraction of sp³-hybridized carbons (Fsp3) is 0.167. The fourth-order valence-electron chi connectivity index (χ4n) is 2.96. The Morgan fingerprint density at radius 1 is 0.900 bits per heavy atom. The zero-order chi connectivity index (χ0) is 21.3. The maximum absolute atomic E-state index is 12.3. The summed E-state index contributed by atoms with van der Waals surface area (Å²) in [4.78, 5) is 42.1. The molecule has 6 nitrogen and oxygen atoms in total. The molecule has 0 bridgehead atoms. The molecule has 1 N–H and O–H groups in total. The lowest BCUT2D eigenvalue weighted by Crippen LogP contribution is -2.37. The average molecular weight is 401 g/mol. The number of benzene rings is 2. The first-order chi connectivity index (χ1) is 14.5. The van der Waals surface area contributed by atoms with E-state index in [-0.39, 0.29) is 5.78 Å². The molecule has 152 valence electrons. The minimum absolute atomic E-state index is 0.135. The highest BCUT2D eigenvalue weighted by Gasteiger charge is 2.20. The van der Waals surface area contributed by atoms with Gasteiger partial charge in [-0.25, -0.2) is 0 Å². The van der Waals surface area contributed by atoms with Gasteiger partial charge in [-0.05, 0) is 47.9 Å². The van der Waals surface area contributed by atoms with Gasteiger partial charge in [-0.3, -0.25) is 19.4 Å². The topological polar surface area (TPSA) is 79.4 Å². The lowest BCUT2D eigenvalue weighted by molar-refractivity contribution is -0.134. The number of carbonyl (C=O) groups is 3. The number of carbonyl (C=O) groups excluding carboxylic acids is 3. The maximum Gasteiger partial charge on any atom is 0.316 e. The fourth-order valence-corrected chi connectivity index (χ4v) is 2.96. The van der Waals surface area contributed by atoms with Gasteiger partial charge in [-0.1, -0.05) is 36.4 Å². The summed E-state index contributed by atoms with van der Waals surface area (Å²) in [6, 6.07) is 19.7. The van der Waals surface area contributed by atoms with E-state index in [1.807, 2.05) is 18.2 Å². The van der Waals surface area contributed by atoms with Crippen LogP contribution < -0.4 is 10.2 Å². The Hall–Kier alpha value is -3.80. The van der Waals surface area contributed by atoms with Crippen LogP contribution in [0.2, 0.25) is 0 Å². The number of amides is 2. The summed E-state index contributed by atoms with van der Waals surface area (Å²) < 4.78 is 0. The maximum atomic E-state index is 12.3. The molecule has 6 heteroatoms. The number of pyridine rings is 1. The Balaban J connectivity index is 1.50. The second kappa shape index (κ2) is 10.1. The van der Waals surface area contributed by atoms with Crippen molar-refractivity contribution in [3.63, 3.8) is 0 Å². The Labute approximate surface area is 175 Å². The molecule has 2 amide bonds. The number of para-hydroxylation sites is 1. The molecule has 2 aromatic carbocycles. The van der Waals surface area contributed by atoms with Crippen LogP contribution in [0.3, 0.4) is 0 Å². The van der Waals surface area contributed by atoms with E-state index in [0.717, 1.165) is 11.1 Å². The second-order valence-electron chi connectivity index (χ2n) is 6.93. The number of hydrogen-bond donors (Lipinski definition) is 1. The summed E-state index contributed by atoms with van der Waals surface area (Å²) in [7, 11) is 1.55. The van der Waals surface area contributed by atoms with Crippen LogP contribution in [0.15, 0.2) is 79.1 Å². The van der Waals surface area contributed by atoms with E-state index < -0.39 is 11.8 Å². The van der Waals surface area contributed by atoms with Crippen molar-refractivity contribution in [1.82, 2.24) is 4.98 Å². The highest BCUT2D eigenvalue weighted by molar-refractivity contribution is 6.44. The number of Topliss-reactive ketones (excluding diaryl/α,β-unsaturated/α-hetero) is 1. The standard InChI is InChI=1S/C24H23N3O3/c1-27(21-7-3-2-4-8-21)24(30)23(29)26-20-12-9-18(10-13-20)16-22(28)14-11-19-6-5-15-25-17-19/h2-10,12-13,15,17H,11,14,16H2,1H3,(H,26,29). The van der Waals surface area contributed by atoms with Gasteiger partial charge in [0.05, 0.1) is 0 Å². The van der Waals surface area contributed by atoms with Crippen molar-refractivity contribution in [2.75, 3.05) is 17.3 Å². The van der Waals surface area contributed by atoms with Gasteiger partial charge in [-0.2, -0.15) is 0 Å². The van der Waals surface area contributed by atoms with Crippen LogP contribution in [0.5, 0.6) is 0 Å². The van der Waals surface area contributed by atoms with E-state index in [4.69, 9.17) is 0 Å². The number of ketones is 1. The number of anilines is 2. The van der Waals surface area contributed by atoms with E-state index in [9.17, 15) is 14.4 Å². The molecule has 0 aliphatic carbocycles. The Kier molecular flexibility index (Phi) is 7.05. The molecule has 0 aliphatic heterocycles. The molecule has 0 saturated heterocycles. The number of hydrogen-bond acceptors (Lipinski definition) is 4. The highest BCUT2D eigenvalue weighted by Crippen LogP contribution is 2.14. The summed E-state index contributed by atoms with van der Waals surface area (Å²) in [6.45, 7) is 0. The smallest absolute Gasteiger partial charge is 0.316 e. The van der Waals surface area contributed by atoms with E-state index in [0.29, 0.717) is 30.6 Å². The predicted molar refractivity (Wildman–Crippen MR) is 116 cm³/mol. The number of nitrogens with one attached hydrogen (secondary N) is 1. The monoisotopic (exact) mass is 401 g/mol. The van der Waals surface area contributed by atoms with Crippen molar-refractivity contribution in [2.24, 2.45) is 0 Å². The largest absolute Gasteiger partial charge is 0.318 e. The van der Waals surface area contributed by atoms with Crippen LogP contribution >= 0.6 is 0 Å². The van der Waals surface area contributed by atoms with Gasteiger partial charge in [0.15, 0.2) is 0 Å². The van der Waals surface area contributed by atoms with Gasteiger partial charge >= 0.3 is 11.8 Å². The van der Waals surface area contributed by atoms with Gasteiger partial charge < -0.3 is 10.2 Å². The molecule has 30 heavy (non-hydrogen) atoms. The van der Waals surface area contributed by atoms with Gasteiger partial charge in [-0.15, -0.1) is 0 Å². The first-order valence-electron chi connectivity index (χ1n) is 9.66. The van der Waals surface area contributed by atoms with Crippen molar-refractivity contribution < 1.29 is 14.4 Å². The molecule has 0 aliphatic rings. The minimum atomic E-state index is -0.721. The number of likely N-dealkylation sites (N-methyl/N-ethyl adjacent to an activating group) is 1. The summed E-state index contributed by atoms with van der Waals surface area (Å²) in [5, 5.41) is 2.60. The molecule has 1 heterocycles. The number of aromatic nitrogens is 1. The SMILES string of the molecule is CN(C(=O)C(=O)Nc1ccc(CC(=O)CCc2cccnc2)cc1)c1ccccc1. The van der Waals surface area contributed by atoms with E-state index in [2.05, 4.69) is 10.3 Å². The normalized spacial score (nSPS) is 10.3. The molecular formula is C24H23N3O3. The van der Waals surface area contributed by atoms with Gasteiger partial charge in [0, 0.05) is 43.7 Å². The summed E-state index contributed by atoms with van der Waals surface area (Å²) in [5.74, 6) is -1.24. The lowest BCUT2D eigenvalue weighted by atomic mass is 10.0. The first kappa shape index (κ1) is 20.9.